The first-order chi connectivity index (χ1) is 8.26. The Labute approximate surface area is 109 Å². The van der Waals surface area contributed by atoms with E-state index in [9.17, 15) is 0 Å². The number of hydrogen-bond donors (Lipinski definition) is 1. The molecule has 1 atom stereocenters. The van der Waals surface area contributed by atoms with Crippen molar-refractivity contribution in [2.75, 3.05) is 19.3 Å². The molecule has 0 radical (unpaired) electrons. The van der Waals surface area contributed by atoms with Crippen LogP contribution in [0.5, 0.6) is 0 Å². The molecule has 2 rings (SSSR count). The van der Waals surface area contributed by atoms with Gasteiger partial charge in [0.1, 0.15) is 0 Å². The molecule has 1 fully saturated rings. The number of nitrogens with one attached hydrogen (secondary N) is 1. The Balaban J connectivity index is 1.75. The van der Waals surface area contributed by atoms with Crippen LogP contribution in [0.3, 0.4) is 0 Å². The molecule has 0 heterocycles. The molecule has 1 aliphatic rings. The molecule has 0 bridgehead atoms. The molecule has 1 unspecified atom stereocenters. The Morgan fingerprint density at radius 2 is 2.00 bits per heavy atom. The minimum Gasteiger partial charge on any atom is -0.315 e. The fourth-order valence-corrected chi connectivity index (χ4v) is 3.38. The highest BCUT2D eigenvalue weighted by Gasteiger charge is 2.35. The van der Waals surface area contributed by atoms with E-state index >= 15 is 0 Å². The van der Waals surface area contributed by atoms with Crippen molar-refractivity contribution in [1.29, 1.82) is 0 Å². The summed E-state index contributed by atoms with van der Waals surface area (Å²) in [4.78, 5) is 0. The number of benzene rings is 1. The van der Waals surface area contributed by atoms with Gasteiger partial charge in [0.05, 0.1) is 0 Å². The lowest BCUT2D eigenvalue weighted by molar-refractivity contribution is 0.344. The summed E-state index contributed by atoms with van der Waals surface area (Å²) in [6, 6.07) is 10.8. The van der Waals surface area contributed by atoms with E-state index in [4.69, 9.17) is 0 Å². The maximum absolute atomic E-state index is 3.66. The number of thioether (sulfide) groups is 1. The van der Waals surface area contributed by atoms with Crippen LogP contribution in [0, 0.1) is 0 Å². The highest BCUT2D eigenvalue weighted by atomic mass is 32.2. The fraction of sp³-hybridized carbons (Fsp3) is 0.600. The van der Waals surface area contributed by atoms with E-state index in [-0.39, 0.29) is 0 Å². The first kappa shape index (κ1) is 13.0. The molecule has 1 saturated carbocycles. The quantitative estimate of drug-likeness (QED) is 0.825. The van der Waals surface area contributed by atoms with Gasteiger partial charge in [0, 0.05) is 17.8 Å². The average molecular weight is 249 g/mol. The summed E-state index contributed by atoms with van der Waals surface area (Å²) < 4.78 is 0.552. The summed E-state index contributed by atoms with van der Waals surface area (Å²) in [5.41, 5.74) is 1.44. The molecular formula is C15H23NS. The first-order valence-corrected chi connectivity index (χ1v) is 7.79. The van der Waals surface area contributed by atoms with E-state index in [1.165, 1.54) is 31.4 Å². The molecule has 2 heteroatoms. The molecule has 0 amide bonds. The van der Waals surface area contributed by atoms with E-state index in [0.717, 1.165) is 6.54 Å². The van der Waals surface area contributed by atoms with Crippen LogP contribution in [0.4, 0.5) is 0 Å². The van der Waals surface area contributed by atoms with Crippen LogP contribution in [0.25, 0.3) is 0 Å². The van der Waals surface area contributed by atoms with Gasteiger partial charge < -0.3 is 5.32 Å². The zero-order chi connectivity index (χ0) is 12.1. The van der Waals surface area contributed by atoms with E-state index in [1.54, 1.807) is 0 Å². The van der Waals surface area contributed by atoms with E-state index in [0.29, 0.717) is 10.7 Å². The van der Waals surface area contributed by atoms with Crippen LogP contribution in [0.1, 0.15) is 37.7 Å². The number of hydrogen-bond acceptors (Lipinski definition) is 2. The van der Waals surface area contributed by atoms with E-state index in [2.05, 4.69) is 48.8 Å². The van der Waals surface area contributed by atoms with Crippen LogP contribution < -0.4 is 5.32 Å². The molecule has 1 aromatic rings. The molecule has 94 valence electrons. The Hall–Kier alpha value is -0.470. The van der Waals surface area contributed by atoms with Crippen LogP contribution >= 0.6 is 11.8 Å². The van der Waals surface area contributed by atoms with Gasteiger partial charge in [0.15, 0.2) is 0 Å². The summed E-state index contributed by atoms with van der Waals surface area (Å²) in [7, 11) is 0. The van der Waals surface area contributed by atoms with Gasteiger partial charge in [-0.05, 0) is 30.6 Å². The largest absolute Gasteiger partial charge is 0.315 e. The third kappa shape index (κ3) is 3.26. The van der Waals surface area contributed by atoms with Crippen molar-refractivity contribution in [3.05, 3.63) is 35.9 Å². The van der Waals surface area contributed by atoms with Crippen LogP contribution in [-0.4, -0.2) is 24.1 Å². The molecule has 0 saturated heterocycles. The SMILES string of the molecule is CSC1(CNCC(C)c2ccccc2)CCC1. The lowest BCUT2D eigenvalue weighted by Crippen LogP contribution is -2.44. The molecule has 0 aliphatic heterocycles. The second-order valence-electron chi connectivity index (χ2n) is 5.18. The van der Waals surface area contributed by atoms with Gasteiger partial charge in [-0.2, -0.15) is 11.8 Å². The van der Waals surface area contributed by atoms with Gasteiger partial charge in [-0.25, -0.2) is 0 Å². The van der Waals surface area contributed by atoms with E-state index < -0.39 is 0 Å². The minimum atomic E-state index is 0.552. The molecule has 0 aromatic heterocycles. The van der Waals surface area contributed by atoms with Crippen LogP contribution in [0.2, 0.25) is 0 Å². The normalized spacial score (nSPS) is 19.6. The first-order valence-electron chi connectivity index (χ1n) is 6.57. The molecule has 1 aromatic carbocycles. The molecule has 1 N–H and O–H groups in total. The summed E-state index contributed by atoms with van der Waals surface area (Å²) in [5, 5.41) is 3.66. The predicted molar refractivity (Wildman–Crippen MR) is 77.8 cm³/mol. The van der Waals surface area contributed by atoms with Crippen molar-refractivity contribution in [3.63, 3.8) is 0 Å². The fourth-order valence-electron chi connectivity index (χ4n) is 2.44. The van der Waals surface area contributed by atoms with Crippen LogP contribution in [-0.2, 0) is 0 Å². The maximum Gasteiger partial charge on any atom is 0.0281 e. The zero-order valence-corrected chi connectivity index (χ0v) is 11.7. The van der Waals surface area contributed by atoms with Crippen molar-refractivity contribution in [2.24, 2.45) is 0 Å². The second kappa shape index (κ2) is 5.92. The lowest BCUT2D eigenvalue weighted by atomic mass is 9.84. The minimum absolute atomic E-state index is 0.552. The van der Waals surface area contributed by atoms with E-state index in [1.807, 2.05) is 11.8 Å². The van der Waals surface area contributed by atoms with Gasteiger partial charge >= 0.3 is 0 Å². The molecule has 0 spiro atoms. The van der Waals surface area contributed by atoms with Gasteiger partial charge in [0.25, 0.3) is 0 Å². The maximum atomic E-state index is 3.66. The van der Waals surface area contributed by atoms with Gasteiger partial charge in [-0.1, -0.05) is 43.7 Å². The van der Waals surface area contributed by atoms with Crippen molar-refractivity contribution < 1.29 is 0 Å². The van der Waals surface area contributed by atoms with Crippen molar-refractivity contribution in [3.8, 4) is 0 Å². The average Bonchev–Trinajstić information content (AvgIpc) is 2.33. The summed E-state index contributed by atoms with van der Waals surface area (Å²) >= 11 is 2.04. The Kier molecular flexibility index (Phi) is 4.52. The van der Waals surface area contributed by atoms with Gasteiger partial charge in [-0.3, -0.25) is 0 Å². The summed E-state index contributed by atoms with van der Waals surface area (Å²) in [5.74, 6) is 0.607. The smallest absolute Gasteiger partial charge is 0.0281 e. The third-order valence-electron chi connectivity index (χ3n) is 3.96. The van der Waals surface area contributed by atoms with Crippen molar-refractivity contribution in [2.45, 2.75) is 36.9 Å². The lowest BCUT2D eigenvalue weighted by Gasteiger charge is -2.40. The Morgan fingerprint density at radius 3 is 2.53 bits per heavy atom. The summed E-state index contributed by atoms with van der Waals surface area (Å²) in [6.45, 7) is 4.56. The predicted octanol–water partition coefficient (Wildman–Crippen LogP) is 3.67. The molecule has 1 aliphatic carbocycles. The topological polar surface area (TPSA) is 12.0 Å². The second-order valence-corrected chi connectivity index (χ2v) is 6.46. The summed E-state index contributed by atoms with van der Waals surface area (Å²) in [6.07, 6.45) is 6.44. The third-order valence-corrected chi connectivity index (χ3v) is 5.38. The molecule has 1 nitrogen and oxygen atoms in total. The zero-order valence-electron chi connectivity index (χ0n) is 10.9. The molecular weight excluding hydrogens is 226 g/mol. The Bertz CT molecular complexity index is 327. The van der Waals surface area contributed by atoms with Gasteiger partial charge in [-0.15, -0.1) is 0 Å². The highest BCUT2D eigenvalue weighted by Crippen LogP contribution is 2.42. The standard InChI is InChI=1S/C15H23NS/c1-13(14-7-4-3-5-8-14)11-16-12-15(17-2)9-6-10-15/h3-5,7-8,13,16H,6,9-12H2,1-2H3. The van der Waals surface area contributed by atoms with Crippen molar-refractivity contribution in [1.82, 2.24) is 5.32 Å². The molecule has 17 heavy (non-hydrogen) atoms. The van der Waals surface area contributed by atoms with Crippen LogP contribution in [0.15, 0.2) is 30.3 Å². The van der Waals surface area contributed by atoms with Gasteiger partial charge in [0.2, 0.25) is 0 Å². The number of rotatable bonds is 6. The highest BCUT2D eigenvalue weighted by molar-refractivity contribution is 8.00. The van der Waals surface area contributed by atoms with Crippen molar-refractivity contribution >= 4 is 11.8 Å². The Morgan fingerprint density at radius 1 is 1.29 bits per heavy atom. The monoisotopic (exact) mass is 249 g/mol.